The summed E-state index contributed by atoms with van der Waals surface area (Å²) in [5.74, 6) is -0.846. The van der Waals surface area contributed by atoms with Crippen LogP contribution in [-0.2, 0) is 23.6 Å². The van der Waals surface area contributed by atoms with Gasteiger partial charge < -0.3 is 15.2 Å². The largest absolute Gasteiger partial charge is 0.364 e. The lowest BCUT2D eigenvalue weighted by molar-refractivity contribution is 0.0697. The quantitative estimate of drug-likeness (QED) is 0.549. The van der Waals surface area contributed by atoms with Crippen LogP contribution >= 0.6 is 0 Å². The number of amides is 2. The average Bonchev–Trinajstić information content (AvgIpc) is 3.44. The van der Waals surface area contributed by atoms with Crippen molar-refractivity contribution in [2.24, 2.45) is 12.8 Å². The van der Waals surface area contributed by atoms with Crippen molar-refractivity contribution in [1.29, 1.82) is 0 Å². The topological polar surface area (TPSA) is 136 Å². The van der Waals surface area contributed by atoms with E-state index in [1.54, 1.807) is 35.1 Å². The molecule has 1 aromatic carbocycles. The monoisotopic (exact) mass is 457 g/mol. The fraction of sp³-hybridized carbons (Fsp3) is 0.300. The van der Waals surface area contributed by atoms with Gasteiger partial charge in [-0.05, 0) is 23.8 Å². The van der Waals surface area contributed by atoms with Crippen molar-refractivity contribution < 1.29 is 18.0 Å². The molecule has 2 aromatic heterocycles. The molecule has 0 unspecified atom stereocenters. The minimum Gasteiger partial charge on any atom is -0.364 e. The summed E-state index contributed by atoms with van der Waals surface area (Å²) >= 11 is 0. The molecule has 2 amide bonds. The van der Waals surface area contributed by atoms with Gasteiger partial charge in [0.2, 0.25) is 10.0 Å². The summed E-state index contributed by atoms with van der Waals surface area (Å²) in [6.07, 6.45) is 4.46. The van der Waals surface area contributed by atoms with Gasteiger partial charge in [-0.1, -0.05) is 12.1 Å². The first-order valence-electron chi connectivity index (χ1n) is 9.92. The lowest BCUT2D eigenvalue weighted by Gasteiger charge is -2.33. The van der Waals surface area contributed by atoms with E-state index in [4.69, 9.17) is 5.73 Å². The summed E-state index contributed by atoms with van der Waals surface area (Å²) in [4.78, 5) is 29.8. The second kappa shape index (κ2) is 8.55. The van der Waals surface area contributed by atoms with E-state index < -0.39 is 15.9 Å². The number of hydrogen-bond donors (Lipinski definition) is 1. The molecule has 0 saturated carbocycles. The average molecular weight is 458 g/mol. The summed E-state index contributed by atoms with van der Waals surface area (Å²) in [6, 6.07) is 8.51. The summed E-state index contributed by atoms with van der Waals surface area (Å²) in [5, 5.41) is 4.06. The van der Waals surface area contributed by atoms with Gasteiger partial charge in [-0.2, -0.15) is 9.40 Å². The Bertz CT molecular complexity index is 1230. The maximum atomic E-state index is 12.9. The number of nitrogens with zero attached hydrogens (tertiary/aromatic N) is 6. The lowest BCUT2D eigenvalue weighted by Crippen LogP contribution is -2.50. The number of benzene rings is 1. The Morgan fingerprint density at radius 3 is 2.34 bits per heavy atom. The van der Waals surface area contributed by atoms with Crippen molar-refractivity contribution in [2.45, 2.75) is 11.4 Å². The van der Waals surface area contributed by atoms with Gasteiger partial charge in [0.1, 0.15) is 23.2 Å². The van der Waals surface area contributed by atoms with Crippen molar-refractivity contribution in [3.05, 3.63) is 66.0 Å². The highest BCUT2D eigenvalue weighted by Gasteiger charge is 2.31. The van der Waals surface area contributed by atoms with Crippen LogP contribution in [-0.4, -0.2) is 74.9 Å². The van der Waals surface area contributed by atoms with Crippen LogP contribution in [0, 0.1) is 0 Å². The van der Waals surface area contributed by atoms with Gasteiger partial charge in [0, 0.05) is 45.0 Å². The molecular weight excluding hydrogens is 434 g/mol. The van der Waals surface area contributed by atoms with Gasteiger partial charge in [-0.25, -0.2) is 18.1 Å². The predicted molar refractivity (Wildman–Crippen MR) is 114 cm³/mol. The van der Waals surface area contributed by atoms with Crippen LogP contribution in [0.25, 0.3) is 0 Å². The third-order valence-corrected chi connectivity index (χ3v) is 7.27. The van der Waals surface area contributed by atoms with Crippen LogP contribution in [0.2, 0.25) is 0 Å². The number of sulfonamides is 1. The van der Waals surface area contributed by atoms with Crippen molar-refractivity contribution in [1.82, 2.24) is 28.5 Å². The Balaban J connectivity index is 1.39. The van der Waals surface area contributed by atoms with E-state index in [0.717, 1.165) is 5.56 Å². The minimum absolute atomic E-state index is 0.0107. The second-order valence-corrected chi connectivity index (χ2v) is 9.46. The van der Waals surface area contributed by atoms with E-state index >= 15 is 0 Å². The lowest BCUT2D eigenvalue weighted by atomic mass is 10.1. The molecule has 2 N–H and O–H groups in total. The molecule has 3 aromatic rings. The van der Waals surface area contributed by atoms with Crippen LogP contribution < -0.4 is 5.73 Å². The number of aryl methyl sites for hydroxylation is 1. The molecule has 1 fully saturated rings. The zero-order valence-electron chi connectivity index (χ0n) is 17.5. The predicted octanol–water partition coefficient (Wildman–Crippen LogP) is -0.0895. The van der Waals surface area contributed by atoms with Gasteiger partial charge in [0.05, 0.1) is 6.54 Å². The molecule has 168 valence electrons. The molecule has 11 nitrogen and oxygen atoms in total. The number of aromatic nitrogens is 4. The number of carbonyl (C=O) groups is 2. The SMILES string of the molecule is Cn1cc(S(=O)(=O)N2CCN(C(=O)c3ccc(Cn4cncn4)cc3)CC2)cc1C(N)=O. The smallest absolute Gasteiger partial charge is 0.265 e. The van der Waals surface area contributed by atoms with E-state index in [1.807, 2.05) is 12.1 Å². The first-order chi connectivity index (χ1) is 15.3. The van der Waals surface area contributed by atoms with E-state index in [0.29, 0.717) is 12.1 Å². The number of hydrogen-bond acceptors (Lipinski definition) is 6. The molecule has 32 heavy (non-hydrogen) atoms. The standard InChI is InChI=1S/C20H23N7O4S/c1-24-12-17(10-18(24)19(21)28)32(30,31)27-8-6-25(7-9-27)20(29)16-4-2-15(3-5-16)11-26-14-22-13-23-26/h2-5,10,12-14H,6-9,11H2,1H3,(H2,21,28). The van der Waals surface area contributed by atoms with Gasteiger partial charge in [-0.3, -0.25) is 9.59 Å². The number of carbonyl (C=O) groups excluding carboxylic acids is 2. The number of primary amides is 1. The van der Waals surface area contributed by atoms with Gasteiger partial charge in [0.25, 0.3) is 11.8 Å². The van der Waals surface area contributed by atoms with Gasteiger partial charge in [0.15, 0.2) is 0 Å². The Morgan fingerprint density at radius 1 is 1.09 bits per heavy atom. The summed E-state index contributed by atoms with van der Waals surface area (Å²) < 4.78 is 30.3. The molecule has 0 radical (unpaired) electrons. The summed E-state index contributed by atoms with van der Waals surface area (Å²) in [5.41, 5.74) is 6.92. The molecular formula is C20H23N7O4S. The van der Waals surface area contributed by atoms with Crippen molar-refractivity contribution >= 4 is 21.8 Å². The molecule has 0 aliphatic carbocycles. The van der Waals surface area contributed by atoms with Gasteiger partial charge >= 0.3 is 0 Å². The van der Waals surface area contributed by atoms with E-state index in [1.165, 1.54) is 27.5 Å². The normalized spacial score (nSPS) is 15.1. The third kappa shape index (κ3) is 4.27. The highest BCUT2D eigenvalue weighted by atomic mass is 32.2. The van der Waals surface area contributed by atoms with Crippen LogP contribution in [0.1, 0.15) is 26.4 Å². The molecule has 0 bridgehead atoms. The van der Waals surface area contributed by atoms with Crippen molar-refractivity contribution in [3.63, 3.8) is 0 Å². The number of rotatable bonds is 6. The van der Waals surface area contributed by atoms with Crippen LogP contribution in [0.4, 0.5) is 0 Å². The van der Waals surface area contributed by atoms with E-state index in [-0.39, 0.29) is 42.7 Å². The molecule has 0 atom stereocenters. The zero-order valence-corrected chi connectivity index (χ0v) is 18.3. The van der Waals surface area contributed by atoms with Crippen molar-refractivity contribution in [2.75, 3.05) is 26.2 Å². The summed E-state index contributed by atoms with van der Waals surface area (Å²) in [6.45, 7) is 1.43. The first kappa shape index (κ1) is 21.7. The maximum absolute atomic E-state index is 12.9. The minimum atomic E-state index is -3.79. The van der Waals surface area contributed by atoms with Crippen LogP contribution in [0.15, 0.2) is 54.1 Å². The molecule has 1 saturated heterocycles. The number of piperazine rings is 1. The Labute approximate surface area is 185 Å². The highest BCUT2D eigenvalue weighted by Crippen LogP contribution is 2.21. The summed E-state index contributed by atoms with van der Waals surface area (Å²) in [7, 11) is -2.23. The highest BCUT2D eigenvalue weighted by molar-refractivity contribution is 7.89. The van der Waals surface area contributed by atoms with Gasteiger partial charge in [-0.15, -0.1) is 0 Å². The van der Waals surface area contributed by atoms with E-state index in [2.05, 4.69) is 10.1 Å². The number of nitrogens with two attached hydrogens (primary N) is 1. The maximum Gasteiger partial charge on any atom is 0.265 e. The molecule has 4 rings (SSSR count). The van der Waals surface area contributed by atoms with E-state index in [9.17, 15) is 18.0 Å². The Morgan fingerprint density at radius 2 is 1.78 bits per heavy atom. The van der Waals surface area contributed by atoms with Crippen molar-refractivity contribution in [3.8, 4) is 0 Å². The third-order valence-electron chi connectivity index (χ3n) is 5.41. The molecule has 1 aliphatic heterocycles. The first-order valence-corrected chi connectivity index (χ1v) is 11.4. The molecule has 12 heteroatoms. The fourth-order valence-electron chi connectivity index (χ4n) is 3.64. The second-order valence-electron chi connectivity index (χ2n) is 7.52. The Hall–Kier alpha value is -3.51. The molecule has 3 heterocycles. The Kier molecular flexibility index (Phi) is 5.80. The fourth-order valence-corrected chi connectivity index (χ4v) is 5.13. The zero-order chi connectivity index (χ0) is 22.9. The van der Waals surface area contributed by atoms with Crippen LogP contribution in [0.3, 0.4) is 0 Å². The molecule has 0 spiro atoms. The van der Waals surface area contributed by atoms with Crippen LogP contribution in [0.5, 0.6) is 0 Å². The molecule has 1 aliphatic rings.